The molecular formula is C12H13N5O5. The second-order valence-corrected chi connectivity index (χ2v) is 5.32. The smallest absolute Gasteiger partial charge is 0.407 e. The molecule has 3 saturated heterocycles. The van der Waals surface area contributed by atoms with Crippen LogP contribution in [0.1, 0.15) is 16.8 Å². The summed E-state index contributed by atoms with van der Waals surface area (Å²) in [6, 6.07) is 1.05. The maximum Gasteiger partial charge on any atom is 0.407 e. The number of pyridine rings is 1. The number of nitro groups is 1. The van der Waals surface area contributed by atoms with Gasteiger partial charge in [0.2, 0.25) is 0 Å². The number of nitrogens with zero attached hydrogens (tertiary/aromatic N) is 4. The number of piperazine rings is 1. The van der Waals surface area contributed by atoms with E-state index in [0.29, 0.717) is 18.9 Å². The minimum atomic E-state index is -0.949. The Labute approximate surface area is 124 Å². The third-order valence-electron chi connectivity index (χ3n) is 4.07. The second kappa shape index (κ2) is 4.83. The number of hydrogen-bond donors (Lipinski definition) is 2. The van der Waals surface area contributed by atoms with Crippen molar-refractivity contribution in [2.75, 3.05) is 18.0 Å². The number of hydrogen-bond acceptors (Lipinski definition) is 6. The molecule has 0 saturated carbocycles. The van der Waals surface area contributed by atoms with Crippen molar-refractivity contribution in [1.29, 1.82) is 0 Å². The molecule has 0 aromatic carbocycles. The zero-order chi connectivity index (χ0) is 16.0. The molecule has 0 aliphatic carbocycles. The lowest BCUT2D eigenvalue weighted by Crippen LogP contribution is -2.70. The van der Waals surface area contributed by atoms with Crippen LogP contribution in [-0.2, 0) is 0 Å². The Kier molecular flexibility index (Phi) is 3.08. The Hall–Kier alpha value is -2.91. The quantitative estimate of drug-likeness (QED) is 0.592. The van der Waals surface area contributed by atoms with E-state index < -0.39 is 22.6 Å². The molecule has 22 heavy (non-hydrogen) atoms. The molecule has 2 amide bonds. The lowest BCUT2D eigenvalue weighted by atomic mass is 9.88. The van der Waals surface area contributed by atoms with Crippen molar-refractivity contribution in [3.63, 3.8) is 0 Å². The first-order chi connectivity index (χ1) is 10.4. The fourth-order valence-electron chi connectivity index (χ4n) is 3.06. The van der Waals surface area contributed by atoms with E-state index in [9.17, 15) is 19.7 Å². The molecule has 4 heterocycles. The molecule has 2 unspecified atom stereocenters. The number of primary amides is 1. The molecular weight excluding hydrogens is 294 g/mol. The standard InChI is InChI=1S/C12H13N5O5/c13-11(18)8-2-10(14-3-9(8)17(21)22)15-4-6-1-7(5-15)16(6)12(19)20/h2-3,6-7H,1,4-5H2,(H2,13,18)(H,19,20). The third kappa shape index (κ3) is 2.08. The van der Waals surface area contributed by atoms with Crippen molar-refractivity contribution in [3.8, 4) is 0 Å². The summed E-state index contributed by atoms with van der Waals surface area (Å²) >= 11 is 0. The van der Waals surface area contributed by atoms with Crippen LogP contribution >= 0.6 is 0 Å². The largest absolute Gasteiger partial charge is 0.465 e. The number of nitrogens with two attached hydrogens (primary N) is 1. The highest BCUT2D eigenvalue weighted by Gasteiger charge is 2.47. The van der Waals surface area contributed by atoms with E-state index in [4.69, 9.17) is 10.8 Å². The number of carbonyl (C=O) groups excluding carboxylic acids is 1. The first kappa shape index (κ1) is 14.0. The first-order valence-corrected chi connectivity index (χ1v) is 6.59. The molecule has 0 spiro atoms. The van der Waals surface area contributed by atoms with Gasteiger partial charge in [0, 0.05) is 19.2 Å². The number of aromatic nitrogens is 1. The zero-order valence-electron chi connectivity index (χ0n) is 11.4. The molecule has 2 bridgehead atoms. The molecule has 2 atom stereocenters. The Balaban J connectivity index is 1.85. The Morgan fingerprint density at radius 3 is 2.55 bits per heavy atom. The first-order valence-electron chi connectivity index (χ1n) is 6.59. The minimum absolute atomic E-state index is 0.120. The monoisotopic (exact) mass is 307 g/mol. The lowest BCUT2D eigenvalue weighted by molar-refractivity contribution is -0.385. The Bertz CT molecular complexity index is 666. The van der Waals surface area contributed by atoms with Crippen molar-refractivity contribution in [2.45, 2.75) is 18.5 Å². The van der Waals surface area contributed by atoms with Crippen molar-refractivity contribution in [2.24, 2.45) is 5.73 Å². The lowest BCUT2D eigenvalue weighted by Gasteiger charge is -2.55. The van der Waals surface area contributed by atoms with Gasteiger partial charge in [-0.3, -0.25) is 19.8 Å². The highest BCUT2D eigenvalue weighted by atomic mass is 16.6. The molecule has 3 aliphatic heterocycles. The zero-order valence-corrected chi connectivity index (χ0v) is 11.4. The third-order valence-corrected chi connectivity index (χ3v) is 4.07. The summed E-state index contributed by atoms with van der Waals surface area (Å²) in [6.07, 6.45) is 0.846. The Morgan fingerprint density at radius 1 is 1.41 bits per heavy atom. The van der Waals surface area contributed by atoms with Crippen LogP contribution in [0, 0.1) is 10.1 Å². The number of carboxylic acid groups (broad SMARTS) is 1. The van der Waals surface area contributed by atoms with E-state index in [1.165, 1.54) is 11.0 Å². The van der Waals surface area contributed by atoms with Gasteiger partial charge in [-0.25, -0.2) is 9.78 Å². The van der Waals surface area contributed by atoms with Crippen LogP contribution in [0.2, 0.25) is 0 Å². The van der Waals surface area contributed by atoms with Gasteiger partial charge in [0.1, 0.15) is 17.6 Å². The number of carbonyl (C=O) groups is 2. The summed E-state index contributed by atoms with van der Waals surface area (Å²) in [6.45, 7) is 0.873. The van der Waals surface area contributed by atoms with Crippen molar-refractivity contribution in [3.05, 3.63) is 27.9 Å². The van der Waals surface area contributed by atoms with E-state index in [-0.39, 0.29) is 17.6 Å². The maximum absolute atomic E-state index is 11.4. The average molecular weight is 307 g/mol. The Morgan fingerprint density at radius 2 is 2.05 bits per heavy atom. The van der Waals surface area contributed by atoms with Crippen molar-refractivity contribution in [1.82, 2.24) is 9.88 Å². The van der Waals surface area contributed by atoms with Gasteiger partial charge in [0.15, 0.2) is 0 Å². The number of anilines is 1. The van der Waals surface area contributed by atoms with Gasteiger partial charge in [-0.15, -0.1) is 0 Å². The van der Waals surface area contributed by atoms with Crippen LogP contribution in [0.25, 0.3) is 0 Å². The number of fused-ring (bicyclic) bond motifs is 2. The summed E-state index contributed by atoms with van der Waals surface area (Å²) in [5.41, 5.74) is 4.53. The van der Waals surface area contributed by atoms with E-state index in [2.05, 4.69) is 4.98 Å². The van der Waals surface area contributed by atoms with Crippen molar-refractivity contribution >= 4 is 23.5 Å². The van der Waals surface area contributed by atoms with Gasteiger partial charge in [-0.05, 0) is 6.42 Å². The molecule has 10 nitrogen and oxygen atoms in total. The van der Waals surface area contributed by atoms with Gasteiger partial charge in [0.25, 0.3) is 11.6 Å². The summed E-state index contributed by atoms with van der Waals surface area (Å²) < 4.78 is 0. The van der Waals surface area contributed by atoms with Crippen LogP contribution in [0.3, 0.4) is 0 Å². The normalized spacial score (nSPS) is 22.9. The number of amides is 2. The van der Waals surface area contributed by atoms with Crippen LogP contribution in [0.4, 0.5) is 16.3 Å². The topological polar surface area (TPSA) is 143 Å². The predicted molar refractivity (Wildman–Crippen MR) is 73.7 cm³/mol. The van der Waals surface area contributed by atoms with Gasteiger partial charge in [-0.1, -0.05) is 0 Å². The SMILES string of the molecule is NC(=O)c1cc(N2CC3CC(C2)N3C(=O)O)ncc1[N+](=O)[O-]. The molecule has 4 rings (SSSR count). The highest BCUT2D eigenvalue weighted by molar-refractivity contribution is 5.97. The van der Waals surface area contributed by atoms with E-state index in [1.54, 1.807) is 0 Å². The predicted octanol–water partition coefficient (Wildman–Crippen LogP) is 0.0296. The molecule has 3 fully saturated rings. The molecule has 0 radical (unpaired) electrons. The minimum Gasteiger partial charge on any atom is -0.465 e. The van der Waals surface area contributed by atoms with Crippen LogP contribution < -0.4 is 10.6 Å². The summed E-state index contributed by atoms with van der Waals surface area (Å²) in [4.78, 5) is 39.8. The number of rotatable bonds is 3. The molecule has 10 heteroatoms. The summed E-state index contributed by atoms with van der Waals surface area (Å²) in [5.74, 6) is -0.510. The van der Waals surface area contributed by atoms with E-state index >= 15 is 0 Å². The van der Waals surface area contributed by atoms with Gasteiger partial charge in [-0.2, -0.15) is 0 Å². The second-order valence-electron chi connectivity index (χ2n) is 5.32. The van der Waals surface area contributed by atoms with E-state index in [1.807, 2.05) is 4.90 Å². The van der Waals surface area contributed by atoms with Gasteiger partial charge >= 0.3 is 6.09 Å². The maximum atomic E-state index is 11.4. The van der Waals surface area contributed by atoms with Gasteiger partial charge < -0.3 is 15.7 Å². The molecule has 116 valence electrons. The number of piperidine rings is 1. The summed E-state index contributed by atoms with van der Waals surface area (Å²) in [7, 11) is 0. The molecule has 1 aromatic heterocycles. The highest BCUT2D eigenvalue weighted by Crippen LogP contribution is 2.34. The molecule has 1 aromatic rings. The molecule has 3 N–H and O–H groups in total. The van der Waals surface area contributed by atoms with E-state index in [0.717, 1.165) is 12.6 Å². The van der Waals surface area contributed by atoms with Gasteiger partial charge in [0.05, 0.1) is 17.0 Å². The average Bonchev–Trinajstić information content (AvgIpc) is 2.45. The van der Waals surface area contributed by atoms with Crippen LogP contribution in [-0.4, -0.2) is 57.1 Å². The van der Waals surface area contributed by atoms with Crippen molar-refractivity contribution < 1.29 is 19.6 Å². The van der Waals surface area contributed by atoms with Crippen LogP contribution in [0.5, 0.6) is 0 Å². The fourth-order valence-corrected chi connectivity index (χ4v) is 3.06. The molecule has 3 aliphatic rings. The fraction of sp³-hybridized carbons (Fsp3) is 0.417. The summed E-state index contributed by atoms with van der Waals surface area (Å²) in [5, 5.41) is 19.9. The van der Waals surface area contributed by atoms with Crippen LogP contribution in [0.15, 0.2) is 12.3 Å².